The molecule has 1 aliphatic heterocycles. The van der Waals surface area contributed by atoms with Crippen molar-refractivity contribution in [3.05, 3.63) is 47.3 Å². The summed E-state index contributed by atoms with van der Waals surface area (Å²) < 4.78 is 6.74. The molecule has 0 saturated carbocycles. The summed E-state index contributed by atoms with van der Waals surface area (Å²) in [5.74, 6) is -0.313. The molecule has 0 bridgehead atoms. The van der Waals surface area contributed by atoms with Gasteiger partial charge in [0.25, 0.3) is 5.91 Å². The average molecular weight is 384 g/mol. The van der Waals surface area contributed by atoms with Gasteiger partial charge in [0, 0.05) is 24.7 Å². The lowest BCUT2D eigenvalue weighted by molar-refractivity contribution is 0.0525. The Labute approximate surface area is 165 Å². The van der Waals surface area contributed by atoms with Gasteiger partial charge in [-0.3, -0.25) is 4.79 Å². The summed E-state index contributed by atoms with van der Waals surface area (Å²) in [6.45, 7) is 5.49. The summed E-state index contributed by atoms with van der Waals surface area (Å²) in [7, 11) is 4.18. The number of hydrogen-bond donors (Lipinski definition) is 0. The zero-order valence-corrected chi connectivity index (χ0v) is 17.0. The highest BCUT2D eigenvalue weighted by Gasteiger charge is 2.24. The summed E-state index contributed by atoms with van der Waals surface area (Å²) in [6, 6.07) is 7.90. The van der Waals surface area contributed by atoms with E-state index in [0.29, 0.717) is 29.5 Å². The summed E-state index contributed by atoms with van der Waals surface area (Å²) in [5, 5.41) is 4.29. The largest absolute Gasteiger partial charge is 0.462 e. The monoisotopic (exact) mass is 384 g/mol. The zero-order valence-electron chi connectivity index (χ0n) is 17.0. The molecule has 0 radical (unpaired) electrons. The number of rotatable bonds is 5. The van der Waals surface area contributed by atoms with Crippen molar-refractivity contribution in [3.63, 3.8) is 0 Å². The predicted molar refractivity (Wildman–Crippen MR) is 107 cm³/mol. The molecule has 150 valence electrons. The fraction of sp³-hybridized carbons (Fsp3) is 0.476. The molecule has 7 nitrogen and oxygen atoms in total. The minimum absolute atomic E-state index is 0.0631. The normalized spacial score (nSPS) is 15.1. The van der Waals surface area contributed by atoms with Crippen molar-refractivity contribution in [3.8, 4) is 5.69 Å². The van der Waals surface area contributed by atoms with Crippen LogP contribution < -0.4 is 0 Å². The van der Waals surface area contributed by atoms with Gasteiger partial charge >= 0.3 is 5.97 Å². The smallest absolute Gasteiger partial charge is 0.341 e. The SMILES string of the molecule is CCOC(=O)c1cnn(-c2ccc(C(=O)N3CCC(N(C)C)CC3)cc2)c1C. The molecule has 0 spiro atoms. The molecule has 2 heterocycles. The molecule has 1 aromatic heterocycles. The average Bonchev–Trinajstić information content (AvgIpc) is 3.09. The predicted octanol–water partition coefficient (Wildman–Crippen LogP) is 2.52. The van der Waals surface area contributed by atoms with E-state index in [0.717, 1.165) is 31.6 Å². The van der Waals surface area contributed by atoms with Crippen LogP contribution in [0.2, 0.25) is 0 Å². The second kappa shape index (κ2) is 8.56. The Balaban J connectivity index is 1.70. The van der Waals surface area contributed by atoms with Crippen molar-refractivity contribution in [2.24, 2.45) is 0 Å². The van der Waals surface area contributed by atoms with Crippen molar-refractivity contribution in [1.29, 1.82) is 0 Å². The van der Waals surface area contributed by atoms with Gasteiger partial charge in [0.2, 0.25) is 0 Å². The van der Waals surface area contributed by atoms with Crippen LogP contribution in [0, 0.1) is 6.92 Å². The number of likely N-dealkylation sites (tertiary alicyclic amines) is 1. The maximum atomic E-state index is 12.8. The fourth-order valence-corrected chi connectivity index (χ4v) is 3.59. The van der Waals surface area contributed by atoms with Gasteiger partial charge in [-0.1, -0.05) is 0 Å². The Morgan fingerprint density at radius 2 is 1.82 bits per heavy atom. The van der Waals surface area contributed by atoms with Gasteiger partial charge in [0.1, 0.15) is 5.56 Å². The minimum Gasteiger partial charge on any atom is -0.462 e. The molecule has 1 aromatic carbocycles. The first-order valence-electron chi connectivity index (χ1n) is 9.70. The van der Waals surface area contributed by atoms with E-state index in [1.807, 2.05) is 36.1 Å². The molecule has 1 aliphatic rings. The molecule has 0 aliphatic carbocycles. The van der Waals surface area contributed by atoms with Crippen LogP contribution >= 0.6 is 0 Å². The summed E-state index contributed by atoms with van der Waals surface area (Å²) in [6.07, 6.45) is 3.52. The van der Waals surface area contributed by atoms with Gasteiger partial charge in [-0.15, -0.1) is 0 Å². The second-order valence-corrected chi connectivity index (χ2v) is 7.31. The Morgan fingerprint density at radius 1 is 1.18 bits per heavy atom. The number of nitrogens with zero attached hydrogens (tertiary/aromatic N) is 4. The molecule has 0 unspecified atom stereocenters. The Morgan fingerprint density at radius 3 is 2.39 bits per heavy atom. The van der Waals surface area contributed by atoms with Crippen molar-refractivity contribution >= 4 is 11.9 Å². The molecular weight excluding hydrogens is 356 g/mol. The van der Waals surface area contributed by atoms with Crippen LogP contribution in [-0.2, 0) is 4.74 Å². The van der Waals surface area contributed by atoms with E-state index in [1.165, 1.54) is 6.20 Å². The number of esters is 1. The van der Waals surface area contributed by atoms with Gasteiger partial charge in [-0.05, 0) is 65.0 Å². The zero-order chi connectivity index (χ0) is 20.3. The number of carbonyl (C=O) groups excluding carboxylic acids is 2. The molecule has 28 heavy (non-hydrogen) atoms. The number of ether oxygens (including phenoxy) is 1. The van der Waals surface area contributed by atoms with E-state index in [9.17, 15) is 9.59 Å². The van der Waals surface area contributed by atoms with E-state index >= 15 is 0 Å². The number of carbonyl (C=O) groups is 2. The molecule has 0 atom stereocenters. The fourth-order valence-electron chi connectivity index (χ4n) is 3.59. The first kappa shape index (κ1) is 20.1. The number of benzene rings is 1. The van der Waals surface area contributed by atoms with E-state index in [-0.39, 0.29) is 11.9 Å². The Kier molecular flexibility index (Phi) is 6.14. The molecule has 1 saturated heterocycles. The standard InChI is InChI=1S/C21H28N4O3/c1-5-28-21(27)19-14-22-25(15(19)2)18-8-6-16(7-9-18)20(26)24-12-10-17(11-13-24)23(3)4/h6-9,14,17H,5,10-13H2,1-4H3. The van der Waals surface area contributed by atoms with Crippen molar-refractivity contribution in [1.82, 2.24) is 19.6 Å². The Hall–Kier alpha value is -2.67. The van der Waals surface area contributed by atoms with Gasteiger partial charge in [-0.25, -0.2) is 9.48 Å². The van der Waals surface area contributed by atoms with Crippen LogP contribution in [0.1, 0.15) is 46.2 Å². The first-order valence-corrected chi connectivity index (χ1v) is 9.70. The molecule has 1 fully saturated rings. The highest BCUT2D eigenvalue weighted by Crippen LogP contribution is 2.19. The lowest BCUT2D eigenvalue weighted by Crippen LogP contribution is -2.44. The number of hydrogen-bond acceptors (Lipinski definition) is 5. The number of amides is 1. The maximum Gasteiger partial charge on any atom is 0.341 e. The van der Waals surface area contributed by atoms with Gasteiger partial charge in [0.05, 0.1) is 24.2 Å². The van der Waals surface area contributed by atoms with Gasteiger partial charge < -0.3 is 14.5 Å². The molecule has 1 amide bonds. The topological polar surface area (TPSA) is 67.7 Å². The Bertz CT molecular complexity index is 834. The number of piperidine rings is 1. The number of aromatic nitrogens is 2. The van der Waals surface area contributed by atoms with E-state index in [4.69, 9.17) is 4.74 Å². The molecule has 7 heteroatoms. The maximum absolute atomic E-state index is 12.8. The summed E-state index contributed by atoms with van der Waals surface area (Å²) in [5.41, 5.74) is 2.63. The van der Waals surface area contributed by atoms with Crippen LogP contribution in [0.4, 0.5) is 0 Å². The minimum atomic E-state index is -0.376. The van der Waals surface area contributed by atoms with E-state index in [2.05, 4.69) is 24.1 Å². The summed E-state index contributed by atoms with van der Waals surface area (Å²) >= 11 is 0. The third-order valence-electron chi connectivity index (χ3n) is 5.35. The van der Waals surface area contributed by atoms with Crippen molar-refractivity contribution in [2.45, 2.75) is 32.7 Å². The van der Waals surface area contributed by atoms with Crippen molar-refractivity contribution in [2.75, 3.05) is 33.8 Å². The lowest BCUT2D eigenvalue weighted by atomic mass is 10.0. The highest BCUT2D eigenvalue weighted by molar-refractivity contribution is 5.94. The van der Waals surface area contributed by atoms with Gasteiger partial charge in [0.15, 0.2) is 0 Å². The van der Waals surface area contributed by atoms with Crippen LogP contribution in [0.5, 0.6) is 0 Å². The third-order valence-corrected chi connectivity index (χ3v) is 5.35. The van der Waals surface area contributed by atoms with E-state index in [1.54, 1.807) is 11.6 Å². The van der Waals surface area contributed by atoms with Gasteiger partial charge in [-0.2, -0.15) is 5.10 Å². The van der Waals surface area contributed by atoms with E-state index < -0.39 is 0 Å². The molecule has 2 aromatic rings. The first-order chi connectivity index (χ1) is 13.4. The van der Waals surface area contributed by atoms with Crippen LogP contribution in [0.25, 0.3) is 5.69 Å². The summed E-state index contributed by atoms with van der Waals surface area (Å²) in [4.78, 5) is 28.9. The quantitative estimate of drug-likeness (QED) is 0.741. The second-order valence-electron chi connectivity index (χ2n) is 7.31. The van der Waals surface area contributed by atoms with Crippen LogP contribution in [0.15, 0.2) is 30.5 Å². The molecule has 3 rings (SSSR count). The van der Waals surface area contributed by atoms with Crippen LogP contribution in [0.3, 0.4) is 0 Å². The van der Waals surface area contributed by atoms with Crippen molar-refractivity contribution < 1.29 is 14.3 Å². The lowest BCUT2D eigenvalue weighted by Gasteiger charge is -2.35. The highest BCUT2D eigenvalue weighted by atomic mass is 16.5. The molecular formula is C21H28N4O3. The third kappa shape index (κ3) is 4.09. The van der Waals surface area contributed by atoms with Crippen LogP contribution in [-0.4, -0.2) is 71.3 Å². The molecule has 0 N–H and O–H groups in total.